The number of nitrogens with zero attached hydrogens (tertiary/aromatic N) is 3. The van der Waals surface area contributed by atoms with E-state index in [1.54, 1.807) is 18.0 Å². The van der Waals surface area contributed by atoms with E-state index in [0.717, 1.165) is 37.1 Å². The van der Waals surface area contributed by atoms with Crippen LogP contribution >= 0.6 is 0 Å². The molecule has 28 heavy (non-hydrogen) atoms. The molecule has 1 saturated carbocycles. The summed E-state index contributed by atoms with van der Waals surface area (Å²) in [7, 11) is 0. The first-order valence-corrected chi connectivity index (χ1v) is 9.24. The summed E-state index contributed by atoms with van der Waals surface area (Å²) in [6, 6.07) is 4.77. The third kappa shape index (κ3) is 3.55. The van der Waals surface area contributed by atoms with E-state index >= 15 is 0 Å². The average molecular weight is 391 g/mol. The number of hydrogen-bond donors (Lipinski definition) is 0. The van der Waals surface area contributed by atoms with Gasteiger partial charge in [0, 0.05) is 12.2 Å². The number of likely N-dealkylation sites (tertiary alicyclic amines) is 1. The number of carbonyl (C=O) groups excluding carboxylic acids is 1. The molecule has 1 saturated heterocycles. The van der Waals surface area contributed by atoms with Crippen molar-refractivity contribution in [2.24, 2.45) is 5.92 Å². The highest BCUT2D eigenvalue weighted by atomic mass is 19.4. The minimum atomic E-state index is -4.42. The first-order valence-electron chi connectivity index (χ1n) is 9.24. The third-order valence-corrected chi connectivity index (χ3v) is 5.56. The second-order valence-electron chi connectivity index (χ2n) is 7.39. The zero-order valence-electron chi connectivity index (χ0n) is 15.3. The van der Waals surface area contributed by atoms with Crippen LogP contribution in [-0.4, -0.2) is 39.5 Å². The molecule has 5 nitrogen and oxygen atoms in total. The number of amides is 1. The predicted octanol–water partition coefficient (Wildman–Crippen LogP) is 3.88. The zero-order chi connectivity index (χ0) is 19.9. The third-order valence-electron chi connectivity index (χ3n) is 5.56. The van der Waals surface area contributed by atoms with Gasteiger partial charge in [0.1, 0.15) is 18.1 Å². The maximum absolute atomic E-state index is 13.0. The van der Waals surface area contributed by atoms with E-state index in [2.05, 4.69) is 9.97 Å². The summed E-state index contributed by atoms with van der Waals surface area (Å²) in [6.07, 6.45) is 1.41. The second-order valence-corrected chi connectivity index (χ2v) is 7.39. The number of benzene rings is 1. The van der Waals surface area contributed by atoms with Crippen molar-refractivity contribution in [2.75, 3.05) is 6.61 Å². The van der Waals surface area contributed by atoms with Crippen molar-refractivity contribution < 1.29 is 22.7 Å². The van der Waals surface area contributed by atoms with Crippen LogP contribution < -0.4 is 4.74 Å². The molecule has 2 fully saturated rings. The van der Waals surface area contributed by atoms with Gasteiger partial charge in [-0.05, 0) is 50.3 Å². The molecule has 1 amide bonds. The lowest BCUT2D eigenvalue weighted by Gasteiger charge is -2.35. The largest absolute Gasteiger partial charge is 0.491 e. The van der Waals surface area contributed by atoms with Crippen LogP contribution in [0.4, 0.5) is 13.2 Å². The minimum Gasteiger partial charge on any atom is -0.491 e. The number of piperidine rings is 1. The molecule has 2 heterocycles. The van der Waals surface area contributed by atoms with Crippen LogP contribution in [0.25, 0.3) is 0 Å². The molecular formula is C20H20F3N3O2. The van der Waals surface area contributed by atoms with E-state index in [1.807, 2.05) is 0 Å². The van der Waals surface area contributed by atoms with Crippen molar-refractivity contribution in [3.05, 3.63) is 53.6 Å². The van der Waals surface area contributed by atoms with Crippen molar-refractivity contribution in [3.63, 3.8) is 0 Å². The van der Waals surface area contributed by atoms with Crippen molar-refractivity contribution in [1.82, 2.24) is 14.9 Å². The molecule has 2 bridgehead atoms. The van der Waals surface area contributed by atoms with E-state index in [9.17, 15) is 18.0 Å². The van der Waals surface area contributed by atoms with E-state index in [0.29, 0.717) is 0 Å². The molecule has 0 N–H and O–H groups in total. The molecule has 1 aliphatic heterocycles. The molecule has 0 radical (unpaired) electrons. The number of aryl methyl sites for hydroxylation is 1. The maximum Gasteiger partial charge on any atom is 0.416 e. The summed E-state index contributed by atoms with van der Waals surface area (Å²) in [5.74, 6) is 0.246. The molecule has 1 aromatic heterocycles. The Hall–Kier alpha value is -2.64. The van der Waals surface area contributed by atoms with Crippen molar-refractivity contribution >= 4 is 5.91 Å². The molecule has 2 aromatic rings. The fraction of sp³-hybridized carbons (Fsp3) is 0.450. The average Bonchev–Trinajstić information content (AvgIpc) is 3.27. The molecule has 148 valence electrons. The highest BCUT2D eigenvalue weighted by Crippen LogP contribution is 2.43. The number of hydrogen-bond acceptors (Lipinski definition) is 4. The number of alkyl halides is 3. The van der Waals surface area contributed by atoms with Gasteiger partial charge in [-0.3, -0.25) is 9.78 Å². The number of ether oxygens (including phenoxy) is 1. The second kappa shape index (κ2) is 7.07. The van der Waals surface area contributed by atoms with Crippen molar-refractivity contribution in [2.45, 2.75) is 44.4 Å². The van der Waals surface area contributed by atoms with E-state index < -0.39 is 11.7 Å². The summed E-state index contributed by atoms with van der Waals surface area (Å²) < 4.78 is 44.4. The van der Waals surface area contributed by atoms with Gasteiger partial charge in [-0.2, -0.15) is 13.2 Å². The lowest BCUT2D eigenvalue weighted by molar-refractivity contribution is -0.137. The van der Waals surface area contributed by atoms with Gasteiger partial charge < -0.3 is 9.64 Å². The molecular weight excluding hydrogens is 371 g/mol. The van der Waals surface area contributed by atoms with E-state index in [1.165, 1.54) is 18.3 Å². The Balaban J connectivity index is 1.50. The lowest BCUT2D eigenvalue weighted by Crippen LogP contribution is -2.48. The lowest BCUT2D eigenvalue weighted by atomic mass is 9.99. The molecule has 0 spiro atoms. The van der Waals surface area contributed by atoms with Gasteiger partial charge in [-0.1, -0.05) is 6.07 Å². The van der Waals surface area contributed by atoms with Crippen molar-refractivity contribution in [1.29, 1.82) is 0 Å². The van der Waals surface area contributed by atoms with Gasteiger partial charge in [-0.15, -0.1) is 0 Å². The van der Waals surface area contributed by atoms with Gasteiger partial charge in [0.05, 0.1) is 23.5 Å². The molecule has 1 aromatic carbocycles. The number of fused-ring (bicyclic) bond motifs is 2. The smallest absolute Gasteiger partial charge is 0.416 e. The van der Waals surface area contributed by atoms with Crippen molar-refractivity contribution in [3.8, 4) is 5.75 Å². The fourth-order valence-electron chi connectivity index (χ4n) is 4.20. The summed E-state index contributed by atoms with van der Waals surface area (Å²) in [6.45, 7) is 1.96. The Bertz CT molecular complexity index is 870. The SMILES string of the molecule is Cc1cnc(C(=O)N2[C@H]3CC[C@H](C3)[C@@H]2COc2cccc(C(F)(F)F)c2)cn1. The van der Waals surface area contributed by atoms with E-state index in [4.69, 9.17) is 4.74 Å². The van der Waals surface area contributed by atoms with Crippen LogP contribution in [-0.2, 0) is 6.18 Å². The normalized spacial score (nSPS) is 23.9. The van der Waals surface area contributed by atoms with Crippen LogP contribution in [0, 0.1) is 12.8 Å². The van der Waals surface area contributed by atoms with E-state index in [-0.39, 0.29) is 42.0 Å². The van der Waals surface area contributed by atoms with Gasteiger partial charge in [-0.25, -0.2) is 4.98 Å². The van der Waals surface area contributed by atoms with Gasteiger partial charge in [0.25, 0.3) is 5.91 Å². The van der Waals surface area contributed by atoms with Crippen LogP contribution in [0.3, 0.4) is 0 Å². The summed E-state index contributed by atoms with van der Waals surface area (Å²) in [5, 5.41) is 0. The number of rotatable bonds is 4. The number of halogens is 3. The summed E-state index contributed by atoms with van der Waals surface area (Å²) >= 11 is 0. The predicted molar refractivity (Wildman–Crippen MR) is 94.8 cm³/mol. The minimum absolute atomic E-state index is 0.121. The van der Waals surface area contributed by atoms with Gasteiger partial charge in [0.2, 0.25) is 0 Å². The topological polar surface area (TPSA) is 55.3 Å². The van der Waals surface area contributed by atoms with Crippen LogP contribution in [0.15, 0.2) is 36.7 Å². The van der Waals surface area contributed by atoms with Gasteiger partial charge in [0.15, 0.2) is 0 Å². The Morgan fingerprint density at radius 1 is 1.25 bits per heavy atom. The molecule has 3 atom stereocenters. The summed E-state index contributed by atoms with van der Waals surface area (Å²) in [5.41, 5.74) is 0.256. The maximum atomic E-state index is 13.0. The number of carbonyl (C=O) groups is 1. The van der Waals surface area contributed by atoms with Crippen LogP contribution in [0.5, 0.6) is 5.75 Å². The highest BCUT2D eigenvalue weighted by molar-refractivity contribution is 5.92. The highest BCUT2D eigenvalue weighted by Gasteiger charge is 2.48. The Morgan fingerprint density at radius 3 is 2.79 bits per heavy atom. The Labute approximate surface area is 160 Å². The molecule has 4 rings (SSSR count). The van der Waals surface area contributed by atoms with Gasteiger partial charge >= 0.3 is 6.18 Å². The first-order chi connectivity index (χ1) is 13.3. The monoisotopic (exact) mass is 391 g/mol. The zero-order valence-corrected chi connectivity index (χ0v) is 15.3. The van der Waals surface area contributed by atoms with Crippen LogP contribution in [0.2, 0.25) is 0 Å². The summed E-state index contributed by atoms with van der Waals surface area (Å²) in [4.78, 5) is 23.1. The Kier molecular flexibility index (Phi) is 4.72. The quantitative estimate of drug-likeness (QED) is 0.794. The molecule has 2 aliphatic rings. The molecule has 0 unspecified atom stereocenters. The molecule has 8 heteroatoms. The first kappa shape index (κ1) is 18.7. The molecule has 1 aliphatic carbocycles. The number of aromatic nitrogens is 2. The Morgan fingerprint density at radius 2 is 2.07 bits per heavy atom. The fourth-order valence-corrected chi connectivity index (χ4v) is 4.20. The van der Waals surface area contributed by atoms with Crippen LogP contribution in [0.1, 0.15) is 41.0 Å². The standard InChI is InChI=1S/C20H20F3N3O2/c1-12-9-25-17(10-24-12)19(27)26-15-6-5-13(7-15)18(26)11-28-16-4-2-3-14(8-16)20(21,22)23/h2-4,8-10,13,15,18H,5-7,11H2,1H3/t13-,15+,18+/m1/s1.